The normalized spacial score (nSPS) is 22.8. The van der Waals surface area contributed by atoms with E-state index in [1.807, 2.05) is 85.5 Å². The summed E-state index contributed by atoms with van der Waals surface area (Å²) in [4.78, 5) is 15.7. The number of ether oxygens (including phenoxy) is 2. The van der Waals surface area contributed by atoms with E-state index in [2.05, 4.69) is 26.6 Å². The van der Waals surface area contributed by atoms with Gasteiger partial charge in [0.05, 0.1) is 13.2 Å². The lowest BCUT2D eigenvalue weighted by Gasteiger charge is -2.56. The van der Waals surface area contributed by atoms with Crippen molar-refractivity contribution in [1.82, 2.24) is 5.32 Å². The largest absolute Gasteiger partial charge is 0.497 e. The van der Waals surface area contributed by atoms with Crippen LogP contribution in [0.2, 0.25) is 0 Å². The molecule has 3 aromatic carbocycles. The lowest BCUT2D eigenvalue weighted by atomic mass is 9.78. The molecule has 0 unspecified atom stereocenters. The molecule has 0 aromatic heterocycles. The number of benzene rings is 3. The number of hydrogen-bond donors (Lipinski definition) is 2. The van der Waals surface area contributed by atoms with E-state index in [4.69, 9.17) is 21.7 Å². The maximum Gasteiger partial charge on any atom is 0.236 e. The van der Waals surface area contributed by atoms with Gasteiger partial charge >= 0.3 is 0 Å². The SMILES string of the molecule is COc1ccc(NC(=O)[C@@H]2[C@H]3NC(=S)N(c4ccc(C)cc4)[C@]2(C)Oc2ccc(Br)cc23)cc1. The van der Waals surface area contributed by atoms with Crippen LogP contribution in [0, 0.1) is 12.8 Å². The highest BCUT2D eigenvalue weighted by molar-refractivity contribution is 9.10. The Kier molecular flexibility index (Phi) is 5.73. The summed E-state index contributed by atoms with van der Waals surface area (Å²) in [7, 11) is 1.61. The summed E-state index contributed by atoms with van der Waals surface area (Å²) in [6.07, 6.45) is 0. The number of methoxy groups -OCH3 is 1. The quantitative estimate of drug-likeness (QED) is 0.424. The van der Waals surface area contributed by atoms with Crippen LogP contribution in [0.25, 0.3) is 0 Å². The molecule has 8 heteroatoms. The first-order valence-electron chi connectivity index (χ1n) is 10.9. The topological polar surface area (TPSA) is 62.8 Å². The van der Waals surface area contributed by atoms with Crippen LogP contribution < -0.4 is 25.0 Å². The molecule has 0 saturated carbocycles. The molecular weight excluding hydrogens is 514 g/mol. The molecule has 1 amide bonds. The van der Waals surface area contributed by atoms with Gasteiger partial charge < -0.3 is 20.1 Å². The van der Waals surface area contributed by atoms with Crippen LogP contribution in [0.5, 0.6) is 11.5 Å². The summed E-state index contributed by atoms with van der Waals surface area (Å²) < 4.78 is 12.8. The number of thiocarbonyl (C=S) groups is 1. The van der Waals surface area contributed by atoms with Crippen LogP contribution in [-0.2, 0) is 4.79 Å². The fourth-order valence-corrected chi connectivity index (χ4v) is 5.52. The monoisotopic (exact) mass is 537 g/mol. The van der Waals surface area contributed by atoms with Crippen LogP contribution >= 0.6 is 28.1 Å². The molecule has 34 heavy (non-hydrogen) atoms. The van der Waals surface area contributed by atoms with Crippen molar-refractivity contribution < 1.29 is 14.3 Å². The van der Waals surface area contributed by atoms with E-state index < -0.39 is 11.6 Å². The lowest BCUT2D eigenvalue weighted by molar-refractivity contribution is -0.130. The van der Waals surface area contributed by atoms with E-state index in [1.165, 1.54) is 0 Å². The van der Waals surface area contributed by atoms with Gasteiger partial charge in [0.25, 0.3) is 0 Å². The Bertz CT molecular complexity index is 1270. The summed E-state index contributed by atoms with van der Waals surface area (Å²) in [5, 5.41) is 7.00. The van der Waals surface area contributed by atoms with E-state index >= 15 is 0 Å². The standard InChI is InChI=1S/C26H24BrN3O3S/c1-15-4-9-18(10-5-15)30-25(34)29-23-20-14-16(27)6-13-21(20)33-26(30,2)22(23)24(31)28-17-7-11-19(32-3)12-8-17/h4-14,22-23H,1-3H3,(H,28,31)(H,29,34)/t22-,23-,26+/m0/s1. The number of aryl methyl sites for hydroxylation is 1. The van der Waals surface area contributed by atoms with Crippen molar-refractivity contribution in [2.24, 2.45) is 5.92 Å². The number of hydrogen-bond acceptors (Lipinski definition) is 4. The number of amides is 1. The zero-order chi connectivity index (χ0) is 24.0. The average Bonchev–Trinajstić information content (AvgIpc) is 2.81. The Labute approximate surface area is 212 Å². The smallest absolute Gasteiger partial charge is 0.236 e. The molecule has 2 heterocycles. The van der Waals surface area contributed by atoms with Crippen molar-refractivity contribution in [2.75, 3.05) is 17.3 Å². The Morgan fingerprint density at radius 2 is 1.85 bits per heavy atom. The lowest BCUT2D eigenvalue weighted by Crippen LogP contribution is -2.72. The molecule has 1 fully saturated rings. The second-order valence-electron chi connectivity index (χ2n) is 8.63. The summed E-state index contributed by atoms with van der Waals surface area (Å²) in [6.45, 7) is 3.96. The van der Waals surface area contributed by atoms with Gasteiger partial charge in [0.2, 0.25) is 5.91 Å². The number of fused-ring (bicyclic) bond motifs is 4. The Balaban J connectivity index is 1.59. The molecule has 2 N–H and O–H groups in total. The molecular formula is C26H24BrN3O3S. The van der Waals surface area contributed by atoms with E-state index in [9.17, 15) is 4.79 Å². The van der Waals surface area contributed by atoms with Crippen LogP contribution in [0.15, 0.2) is 71.2 Å². The van der Waals surface area contributed by atoms with Crippen molar-refractivity contribution in [3.05, 3.63) is 82.3 Å². The molecule has 6 nitrogen and oxygen atoms in total. The predicted molar refractivity (Wildman–Crippen MR) is 140 cm³/mol. The van der Waals surface area contributed by atoms with Crippen LogP contribution in [-0.4, -0.2) is 23.9 Å². The van der Waals surface area contributed by atoms with Crippen molar-refractivity contribution in [2.45, 2.75) is 25.6 Å². The number of carbonyl (C=O) groups is 1. The molecule has 0 radical (unpaired) electrons. The molecule has 2 bridgehead atoms. The van der Waals surface area contributed by atoms with Crippen LogP contribution in [0.1, 0.15) is 24.1 Å². The number of anilines is 2. The maximum absolute atomic E-state index is 13.8. The van der Waals surface area contributed by atoms with Crippen molar-refractivity contribution >= 4 is 50.5 Å². The number of rotatable bonds is 4. The third kappa shape index (κ3) is 3.80. The molecule has 2 aliphatic rings. The molecule has 0 spiro atoms. The van der Waals surface area contributed by atoms with Gasteiger partial charge in [-0.3, -0.25) is 9.69 Å². The Morgan fingerprint density at radius 3 is 2.53 bits per heavy atom. The van der Waals surface area contributed by atoms with E-state index in [-0.39, 0.29) is 11.9 Å². The highest BCUT2D eigenvalue weighted by Gasteiger charge is 2.59. The number of carbonyl (C=O) groups excluding carboxylic acids is 1. The fraction of sp³-hybridized carbons (Fsp3) is 0.231. The van der Waals surface area contributed by atoms with Gasteiger partial charge in [0.15, 0.2) is 10.8 Å². The minimum Gasteiger partial charge on any atom is -0.497 e. The molecule has 2 aliphatic heterocycles. The van der Waals surface area contributed by atoms with Crippen molar-refractivity contribution in [1.29, 1.82) is 0 Å². The van der Waals surface area contributed by atoms with Crippen LogP contribution in [0.3, 0.4) is 0 Å². The van der Waals surface area contributed by atoms with Gasteiger partial charge in [0, 0.05) is 21.4 Å². The molecule has 0 aliphatic carbocycles. The highest BCUT2D eigenvalue weighted by Crippen LogP contribution is 2.50. The molecule has 3 atom stereocenters. The second-order valence-corrected chi connectivity index (χ2v) is 9.93. The Hall–Kier alpha value is -3.10. The zero-order valence-electron chi connectivity index (χ0n) is 19.0. The first-order valence-corrected chi connectivity index (χ1v) is 12.1. The summed E-state index contributed by atoms with van der Waals surface area (Å²) >= 11 is 9.35. The Morgan fingerprint density at radius 1 is 1.15 bits per heavy atom. The minimum absolute atomic E-state index is 0.171. The number of halogens is 1. The van der Waals surface area contributed by atoms with Gasteiger partial charge in [-0.25, -0.2) is 0 Å². The first kappa shape index (κ1) is 22.7. The zero-order valence-corrected chi connectivity index (χ0v) is 21.4. The predicted octanol–water partition coefficient (Wildman–Crippen LogP) is 5.57. The van der Waals surface area contributed by atoms with Gasteiger partial charge in [-0.05, 0) is 80.7 Å². The third-order valence-electron chi connectivity index (χ3n) is 6.39. The number of nitrogens with zero attached hydrogens (tertiary/aromatic N) is 1. The number of nitrogens with one attached hydrogen (secondary N) is 2. The highest BCUT2D eigenvalue weighted by atomic mass is 79.9. The summed E-state index contributed by atoms with van der Waals surface area (Å²) in [6, 6.07) is 20.8. The third-order valence-corrected chi connectivity index (χ3v) is 7.19. The maximum atomic E-state index is 13.8. The van der Waals surface area contributed by atoms with E-state index in [0.717, 1.165) is 32.8 Å². The molecule has 5 rings (SSSR count). The average molecular weight is 538 g/mol. The summed E-state index contributed by atoms with van der Waals surface area (Å²) in [5.41, 5.74) is 2.49. The summed E-state index contributed by atoms with van der Waals surface area (Å²) in [5.74, 6) is 0.662. The molecule has 1 saturated heterocycles. The minimum atomic E-state index is -1.06. The van der Waals surface area contributed by atoms with E-state index in [0.29, 0.717) is 10.8 Å². The second kappa shape index (κ2) is 8.60. The van der Waals surface area contributed by atoms with Crippen molar-refractivity contribution in [3.8, 4) is 11.5 Å². The van der Waals surface area contributed by atoms with Gasteiger partial charge in [-0.15, -0.1) is 0 Å². The van der Waals surface area contributed by atoms with Gasteiger partial charge in [-0.1, -0.05) is 33.6 Å². The van der Waals surface area contributed by atoms with Crippen LogP contribution in [0.4, 0.5) is 11.4 Å². The molecule has 174 valence electrons. The first-order chi connectivity index (χ1) is 16.3. The van der Waals surface area contributed by atoms with E-state index in [1.54, 1.807) is 7.11 Å². The van der Waals surface area contributed by atoms with Gasteiger partial charge in [0.1, 0.15) is 17.4 Å². The van der Waals surface area contributed by atoms with Gasteiger partial charge in [-0.2, -0.15) is 0 Å². The molecule has 3 aromatic rings. The fourth-order valence-electron chi connectivity index (χ4n) is 4.73. The van der Waals surface area contributed by atoms with Crippen molar-refractivity contribution in [3.63, 3.8) is 0 Å².